The van der Waals surface area contributed by atoms with E-state index in [9.17, 15) is 0 Å². The second-order valence-corrected chi connectivity index (χ2v) is 10.6. The first-order valence-electron chi connectivity index (χ1n) is 13.5. The molecule has 0 aliphatic carbocycles. The molecular weight excluding hydrogens is 388 g/mol. The normalized spacial score (nSPS) is 11.8. The van der Waals surface area contributed by atoms with Crippen LogP contribution in [0.3, 0.4) is 0 Å². The van der Waals surface area contributed by atoms with Gasteiger partial charge >= 0.3 is 0 Å². The molecule has 0 unspecified atom stereocenters. The van der Waals surface area contributed by atoms with Gasteiger partial charge in [0, 0.05) is 36.6 Å². The Morgan fingerprint density at radius 1 is 0.594 bits per heavy atom. The van der Waals surface area contributed by atoms with E-state index in [4.69, 9.17) is 0 Å². The van der Waals surface area contributed by atoms with Gasteiger partial charge in [0.15, 0.2) is 24.8 Å². The quantitative estimate of drug-likeness (QED) is 0.197. The third kappa shape index (κ3) is 9.43. The Morgan fingerprint density at radius 3 is 1.59 bits per heavy atom. The second kappa shape index (κ2) is 14.4. The Morgan fingerprint density at radius 2 is 1.06 bits per heavy atom. The average Bonchev–Trinajstić information content (AvgIpc) is 2.78. The predicted octanol–water partition coefficient (Wildman–Crippen LogP) is 7.95. The first-order valence-corrected chi connectivity index (χ1v) is 13.5. The smallest absolute Gasteiger partial charge is 0.173 e. The van der Waals surface area contributed by atoms with Gasteiger partial charge in [0.05, 0.1) is 0 Å². The molecule has 0 spiro atoms. The number of aromatic nitrogens is 2. The maximum absolute atomic E-state index is 2.41. The Hall–Kier alpha value is -1.70. The molecule has 0 bridgehead atoms. The first kappa shape index (κ1) is 26.6. The highest BCUT2D eigenvalue weighted by atomic mass is 14.9. The van der Waals surface area contributed by atoms with Gasteiger partial charge in [-0.25, -0.2) is 9.13 Å². The number of hydrogen-bond acceptors (Lipinski definition) is 0. The van der Waals surface area contributed by atoms with Crippen molar-refractivity contribution < 1.29 is 9.13 Å². The zero-order valence-electron chi connectivity index (χ0n) is 21.8. The molecule has 0 aliphatic heterocycles. The van der Waals surface area contributed by atoms with Crippen LogP contribution >= 0.6 is 0 Å². The minimum absolute atomic E-state index is 0.129. The van der Waals surface area contributed by atoms with Crippen LogP contribution in [0.15, 0.2) is 43.0 Å². The molecule has 0 saturated heterocycles. The summed E-state index contributed by atoms with van der Waals surface area (Å²) < 4.78 is 4.76. The molecule has 2 heterocycles. The van der Waals surface area contributed by atoms with Crippen molar-refractivity contribution in [3.05, 3.63) is 48.5 Å². The molecule has 2 aromatic rings. The minimum Gasteiger partial charge on any atom is -0.205 e. The predicted molar refractivity (Wildman–Crippen MR) is 138 cm³/mol. The van der Waals surface area contributed by atoms with E-state index in [-0.39, 0.29) is 5.41 Å². The lowest BCUT2D eigenvalue weighted by Gasteiger charge is -2.21. The fourth-order valence-electron chi connectivity index (χ4n) is 4.46. The summed E-state index contributed by atoms with van der Waals surface area (Å²) in [5.74, 6) is 0. The van der Waals surface area contributed by atoms with Crippen LogP contribution in [0.25, 0.3) is 11.1 Å². The van der Waals surface area contributed by atoms with Gasteiger partial charge in [0.1, 0.15) is 13.1 Å². The maximum atomic E-state index is 2.41. The zero-order chi connectivity index (χ0) is 23.2. The standard InChI is InChI=1S/C30H50N2/c1-6-8-10-12-14-16-21-31-23-18-27(19-24-31)28-20-25-32(26-29(28)30(3,4)5)22-17-15-13-11-9-7-2/h18-20,23-26H,6-17,21-22H2,1-5H3/q+2. The van der Waals surface area contributed by atoms with E-state index in [2.05, 4.69) is 86.7 Å². The van der Waals surface area contributed by atoms with E-state index < -0.39 is 0 Å². The number of rotatable bonds is 15. The molecule has 0 saturated carbocycles. The van der Waals surface area contributed by atoms with Crippen LogP contribution in [0.4, 0.5) is 0 Å². The molecule has 2 heteroatoms. The number of unbranched alkanes of at least 4 members (excludes halogenated alkanes) is 10. The van der Waals surface area contributed by atoms with Gasteiger partial charge in [-0.05, 0) is 29.4 Å². The molecule has 32 heavy (non-hydrogen) atoms. The van der Waals surface area contributed by atoms with Crippen molar-refractivity contribution in [3.63, 3.8) is 0 Å². The van der Waals surface area contributed by atoms with Crippen molar-refractivity contribution in [2.24, 2.45) is 0 Å². The molecule has 2 aromatic heterocycles. The molecule has 0 atom stereocenters. The van der Waals surface area contributed by atoms with Crippen LogP contribution in [0.1, 0.15) is 117 Å². The molecule has 0 aliphatic rings. The largest absolute Gasteiger partial charge is 0.205 e. The Bertz CT molecular complexity index is 755. The molecule has 178 valence electrons. The molecule has 0 N–H and O–H groups in total. The van der Waals surface area contributed by atoms with Gasteiger partial charge in [0.25, 0.3) is 0 Å². The summed E-state index contributed by atoms with van der Waals surface area (Å²) in [7, 11) is 0. The highest BCUT2D eigenvalue weighted by Crippen LogP contribution is 2.31. The van der Waals surface area contributed by atoms with Crippen LogP contribution in [-0.4, -0.2) is 0 Å². The number of pyridine rings is 2. The second-order valence-electron chi connectivity index (χ2n) is 10.6. The van der Waals surface area contributed by atoms with Crippen LogP contribution in [0.5, 0.6) is 0 Å². The van der Waals surface area contributed by atoms with Crippen LogP contribution in [-0.2, 0) is 18.5 Å². The van der Waals surface area contributed by atoms with E-state index in [1.807, 2.05) is 0 Å². The molecule has 2 nitrogen and oxygen atoms in total. The van der Waals surface area contributed by atoms with Gasteiger partial charge in [-0.3, -0.25) is 0 Å². The van der Waals surface area contributed by atoms with E-state index in [0.717, 1.165) is 13.1 Å². The summed E-state index contributed by atoms with van der Waals surface area (Å²) in [5, 5.41) is 0. The topological polar surface area (TPSA) is 7.76 Å². The lowest BCUT2D eigenvalue weighted by atomic mass is 9.83. The summed E-state index contributed by atoms with van der Waals surface area (Å²) >= 11 is 0. The lowest BCUT2D eigenvalue weighted by Crippen LogP contribution is -2.35. The van der Waals surface area contributed by atoms with E-state index in [1.54, 1.807) is 0 Å². The molecule has 0 aromatic carbocycles. The molecule has 0 radical (unpaired) electrons. The summed E-state index contributed by atoms with van der Waals surface area (Å²) in [5.41, 5.74) is 4.29. The average molecular weight is 439 g/mol. The summed E-state index contributed by atoms with van der Waals surface area (Å²) in [6, 6.07) is 6.95. The van der Waals surface area contributed by atoms with Crippen LogP contribution < -0.4 is 9.13 Å². The summed E-state index contributed by atoms with van der Waals surface area (Å²) in [6.07, 6.45) is 25.4. The third-order valence-electron chi connectivity index (χ3n) is 6.57. The highest BCUT2D eigenvalue weighted by molar-refractivity contribution is 5.66. The third-order valence-corrected chi connectivity index (χ3v) is 6.57. The molecule has 2 rings (SSSR count). The molecule has 0 fully saturated rings. The number of aryl methyl sites for hydroxylation is 2. The van der Waals surface area contributed by atoms with Crippen molar-refractivity contribution in [2.45, 2.75) is 130 Å². The van der Waals surface area contributed by atoms with Crippen LogP contribution in [0, 0.1) is 0 Å². The van der Waals surface area contributed by atoms with Gasteiger partial charge in [-0.1, -0.05) is 86.0 Å². The maximum Gasteiger partial charge on any atom is 0.173 e. The first-order chi connectivity index (χ1) is 15.5. The fourth-order valence-corrected chi connectivity index (χ4v) is 4.46. The summed E-state index contributed by atoms with van der Waals surface area (Å²) in [4.78, 5) is 0. The number of hydrogen-bond donors (Lipinski definition) is 0. The van der Waals surface area contributed by atoms with Crippen LogP contribution in [0.2, 0.25) is 0 Å². The van der Waals surface area contributed by atoms with Gasteiger partial charge < -0.3 is 0 Å². The van der Waals surface area contributed by atoms with Crippen molar-refractivity contribution in [1.82, 2.24) is 0 Å². The fraction of sp³-hybridized carbons (Fsp3) is 0.667. The van der Waals surface area contributed by atoms with E-state index >= 15 is 0 Å². The minimum atomic E-state index is 0.129. The molecule has 0 amide bonds. The Balaban J connectivity index is 1.98. The van der Waals surface area contributed by atoms with Crippen molar-refractivity contribution in [3.8, 4) is 11.1 Å². The van der Waals surface area contributed by atoms with E-state index in [0.29, 0.717) is 0 Å². The summed E-state index contributed by atoms with van der Waals surface area (Å²) in [6.45, 7) is 13.8. The Kier molecular flexibility index (Phi) is 12.0. The van der Waals surface area contributed by atoms with Gasteiger partial charge in [-0.2, -0.15) is 0 Å². The SMILES string of the molecule is CCCCCCCC[n+]1ccc(-c2cc[n+](CCCCCCCC)cc2C(C)(C)C)cc1. The number of nitrogens with zero attached hydrogens (tertiary/aromatic N) is 2. The zero-order valence-corrected chi connectivity index (χ0v) is 21.8. The lowest BCUT2D eigenvalue weighted by molar-refractivity contribution is -0.698. The van der Waals surface area contributed by atoms with Gasteiger partial charge in [0.2, 0.25) is 0 Å². The van der Waals surface area contributed by atoms with Crippen molar-refractivity contribution in [2.75, 3.05) is 0 Å². The monoisotopic (exact) mass is 438 g/mol. The van der Waals surface area contributed by atoms with Crippen molar-refractivity contribution in [1.29, 1.82) is 0 Å². The van der Waals surface area contributed by atoms with E-state index in [1.165, 1.54) is 93.7 Å². The molecular formula is C30H50N2+2. The van der Waals surface area contributed by atoms with Gasteiger partial charge in [-0.15, -0.1) is 0 Å². The highest BCUT2D eigenvalue weighted by Gasteiger charge is 2.23. The Labute approximate surface area is 199 Å². The van der Waals surface area contributed by atoms with Crippen molar-refractivity contribution >= 4 is 0 Å².